The van der Waals surface area contributed by atoms with Gasteiger partial charge < -0.3 is 0 Å². The minimum absolute atomic E-state index is 0.650. The van der Waals surface area contributed by atoms with Crippen LogP contribution in [0, 0.1) is 0 Å². The Hall–Kier alpha value is -3.76. The zero-order chi connectivity index (χ0) is 21.0. The maximum Gasteiger partial charge on any atom is 0.164 e. The molecular formula is C27H19N3S. The Balaban J connectivity index is 1.66. The van der Waals surface area contributed by atoms with Crippen molar-refractivity contribution in [2.75, 3.05) is 0 Å². The normalized spacial score (nSPS) is 10.7. The van der Waals surface area contributed by atoms with Gasteiger partial charge in [0.05, 0.1) is 0 Å². The highest BCUT2D eigenvalue weighted by Gasteiger charge is 2.12. The van der Waals surface area contributed by atoms with Crippen molar-refractivity contribution in [1.29, 1.82) is 0 Å². The second kappa shape index (κ2) is 8.54. The molecule has 0 atom stereocenters. The number of hydrogen-bond donors (Lipinski definition) is 1. The van der Waals surface area contributed by atoms with Gasteiger partial charge in [0.1, 0.15) is 0 Å². The largest absolute Gasteiger partial charge is 0.208 e. The van der Waals surface area contributed by atoms with Crippen LogP contribution < -0.4 is 0 Å². The van der Waals surface area contributed by atoms with E-state index < -0.39 is 0 Å². The molecule has 31 heavy (non-hydrogen) atoms. The van der Waals surface area contributed by atoms with Crippen molar-refractivity contribution >= 4 is 12.6 Å². The molecule has 4 heteroatoms. The highest BCUT2D eigenvalue weighted by molar-refractivity contribution is 7.80. The van der Waals surface area contributed by atoms with E-state index in [-0.39, 0.29) is 0 Å². The number of rotatable bonds is 4. The minimum Gasteiger partial charge on any atom is -0.208 e. The SMILES string of the molecule is Sc1cccc(-c2cccc(-c3nc(-c4ccccc4)nc(-c4ccccc4)n3)c2)c1. The van der Waals surface area contributed by atoms with Gasteiger partial charge >= 0.3 is 0 Å². The average Bonchev–Trinajstić information content (AvgIpc) is 2.85. The Morgan fingerprint density at radius 2 is 0.806 bits per heavy atom. The van der Waals surface area contributed by atoms with Crippen molar-refractivity contribution in [3.05, 3.63) is 109 Å². The maximum atomic E-state index is 4.81. The molecule has 5 rings (SSSR count). The summed E-state index contributed by atoms with van der Waals surface area (Å²) < 4.78 is 0. The standard InChI is InChI=1S/C27H19N3S/c31-24-16-8-14-22(18-24)21-13-7-15-23(17-21)27-29-25(19-9-3-1-4-10-19)28-26(30-27)20-11-5-2-6-12-20/h1-18,31H. The Kier molecular flexibility index (Phi) is 5.29. The van der Waals surface area contributed by atoms with Crippen LogP contribution in [-0.4, -0.2) is 15.0 Å². The third kappa shape index (κ3) is 4.25. The molecule has 0 amide bonds. The molecule has 0 radical (unpaired) electrons. The molecule has 0 saturated carbocycles. The molecule has 0 spiro atoms. The fraction of sp³-hybridized carbons (Fsp3) is 0. The van der Waals surface area contributed by atoms with Gasteiger partial charge in [-0.25, -0.2) is 15.0 Å². The van der Waals surface area contributed by atoms with Crippen molar-refractivity contribution in [1.82, 2.24) is 15.0 Å². The maximum absolute atomic E-state index is 4.81. The van der Waals surface area contributed by atoms with Crippen LogP contribution in [-0.2, 0) is 0 Å². The molecule has 0 bridgehead atoms. The van der Waals surface area contributed by atoms with Gasteiger partial charge in [-0.2, -0.15) is 0 Å². The first-order valence-corrected chi connectivity index (χ1v) is 10.5. The molecule has 0 N–H and O–H groups in total. The van der Waals surface area contributed by atoms with E-state index in [2.05, 4.69) is 36.9 Å². The average molecular weight is 418 g/mol. The van der Waals surface area contributed by atoms with Gasteiger partial charge in [0.2, 0.25) is 0 Å². The van der Waals surface area contributed by atoms with Crippen LogP contribution in [0.1, 0.15) is 0 Å². The minimum atomic E-state index is 0.650. The predicted octanol–water partition coefficient (Wildman–Crippen LogP) is 6.83. The smallest absolute Gasteiger partial charge is 0.164 e. The van der Waals surface area contributed by atoms with E-state index in [1.165, 1.54) is 0 Å². The molecule has 3 nitrogen and oxygen atoms in total. The van der Waals surface area contributed by atoms with Gasteiger partial charge in [-0.3, -0.25) is 0 Å². The Morgan fingerprint density at radius 1 is 0.387 bits per heavy atom. The van der Waals surface area contributed by atoms with E-state index in [4.69, 9.17) is 15.0 Å². The number of nitrogens with zero attached hydrogens (tertiary/aromatic N) is 3. The molecule has 0 unspecified atom stereocenters. The zero-order valence-electron chi connectivity index (χ0n) is 16.7. The van der Waals surface area contributed by atoms with E-state index >= 15 is 0 Å². The molecule has 0 aliphatic rings. The van der Waals surface area contributed by atoms with Gasteiger partial charge in [0, 0.05) is 21.6 Å². The van der Waals surface area contributed by atoms with Crippen LogP contribution in [0.15, 0.2) is 114 Å². The summed E-state index contributed by atoms with van der Waals surface area (Å²) in [6, 6.07) is 36.4. The van der Waals surface area contributed by atoms with E-state index in [1.54, 1.807) is 0 Å². The lowest BCUT2D eigenvalue weighted by Crippen LogP contribution is -2.00. The molecule has 0 fully saturated rings. The van der Waals surface area contributed by atoms with E-state index in [1.807, 2.05) is 84.9 Å². The fourth-order valence-corrected chi connectivity index (χ4v) is 3.69. The summed E-state index contributed by atoms with van der Waals surface area (Å²) in [6.07, 6.45) is 0. The second-order valence-electron chi connectivity index (χ2n) is 7.17. The van der Waals surface area contributed by atoms with Crippen LogP contribution in [0.2, 0.25) is 0 Å². The van der Waals surface area contributed by atoms with Crippen LogP contribution in [0.4, 0.5) is 0 Å². The summed E-state index contributed by atoms with van der Waals surface area (Å²) in [7, 11) is 0. The summed E-state index contributed by atoms with van der Waals surface area (Å²) in [4.78, 5) is 15.3. The highest BCUT2D eigenvalue weighted by atomic mass is 32.1. The summed E-state index contributed by atoms with van der Waals surface area (Å²) in [5.74, 6) is 1.97. The number of aromatic nitrogens is 3. The van der Waals surface area contributed by atoms with Crippen molar-refractivity contribution in [2.24, 2.45) is 0 Å². The first-order valence-electron chi connectivity index (χ1n) is 10.0. The molecule has 4 aromatic carbocycles. The molecule has 1 heterocycles. The van der Waals surface area contributed by atoms with E-state index in [0.717, 1.165) is 32.7 Å². The third-order valence-electron chi connectivity index (χ3n) is 5.00. The lowest BCUT2D eigenvalue weighted by atomic mass is 10.0. The van der Waals surface area contributed by atoms with E-state index in [9.17, 15) is 0 Å². The Bertz CT molecular complexity index is 1280. The van der Waals surface area contributed by atoms with Crippen molar-refractivity contribution in [3.63, 3.8) is 0 Å². The summed E-state index contributed by atoms with van der Waals surface area (Å²) >= 11 is 4.47. The number of thiol groups is 1. The summed E-state index contributed by atoms with van der Waals surface area (Å²) in [5, 5.41) is 0. The molecule has 1 aromatic heterocycles. The van der Waals surface area contributed by atoms with Gasteiger partial charge in [0.25, 0.3) is 0 Å². The number of benzene rings is 4. The van der Waals surface area contributed by atoms with Gasteiger partial charge in [-0.1, -0.05) is 91.0 Å². The van der Waals surface area contributed by atoms with Crippen LogP contribution in [0.5, 0.6) is 0 Å². The molecule has 0 saturated heterocycles. The first kappa shape index (κ1) is 19.2. The second-order valence-corrected chi connectivity index (χ2v) is 7.69. The quantitative estimate of drug-likeness (QED) is 0.326. The van der Waals surface area contributed by atoms with Gasteiger partial charge in [-0.15, -0.1) is 12.6 Å². The topological polar surface area (TPSA) is 38.7 Å². The third-order valence-corrected chi connectivity index (χ3v) is 5.28. The van der Waals surface area contributed by atoms with Gasteiger partial charge in [0.15, 0.2) is 17.5 Å². The van der Waals surface area contributed by atoms with Gasteiger partial charge in [-0.05, 0) is 29.3 Å². The molecular weight excluding hydrogens is 398 g/mol. The summed E-state index contributed by atoms with van der Waals surface area (Å²) in [5.41, 5.74) is 5.06. The zero-order valence-corrected chi connectivity index (χ0v) is 17.6. The Morgan fingerprint density at radius 3 is 1.35 bits per heavy atom. The molecule has 0 aliphatic carbocycles. The Labute approximate surface area is 186 Å². The van der Waals surface area contributed by atoms with Crippen LogP contribution in [0.3, 0.4) is 0 Å². The van der Waals surface area contributed by atoms with E-state index in [0.29, 0.717) is 17.5 Å². The first-order chi connectivity index (χ1) is 15.3. The molecule has 5 aromatic rings. The lowest BCUT2D eigenvalue weighted by Gasteiger charge is -2.09. The van der Waals surface area contributed by atoms with Crippen LogP contribution in [0.25, 0.3) is 45.3 Å². The predicted molar refractivity (Wildman–Crippen MR) is 129 cm³/mol. The highest BCUT2D eigenvalue weighted by Crippen LogP contribution is 2.28. The summed E-state index contributed by atoms with van der Waals surface area (Å²) in [6.45, 7) is 0. The lowest BCUT2D eigenvalue weighted by molar-refractivity contribution is 1.07. The fourth-order valence-electron chi connectivity index (χ4n) is 3.46. The molecule has 148 valence electrons. The van der Waals surface area contributed by atoms with Crippen molar-refractivity contribution in [2.45, 2.75) is 4.90 Å². The number of hydrogen-bond acceptors (Lipinski definition) is 4. The molecule has 0 aliphatic heterocycles. The van der Waals surface area contributed by atoms with Crippen LogP contribution >= 0.6 is 12.6 Å². The van der Waals surface area contributed by atoms with Crippen molar-refractivity contribution in [3.8, 4) is 45.3 Å². The monoisotopic (exact) mass is 417 g/mol. The van der Waals surface area contributed by atoms with Crippen molar-refractivity contribution < 1.29 is 0 Å².